The molecule has 0 N–H and O–H groups in total. The summed E-state index contributed by atoms with van der Waals surface area (Å²) in [4.78, 5) is 11.1. The van der Waals surface area contributed by atoms with Crippen molar-refractivity contribution in [2.75, 3.05) is 7.11 Å². The van der Waals surface area contributed by atoms with Crippen LogP contribution >= 0.6 is 0 Å². The quantitative estimate of drug-likeness (QED) is 0.543. The molecular formula is C8H10O2. The first kappa shape index (κ1) is 5.96. The number of carbonyl (C=O) groups is 1. The highest BCUT2D eigenvalue weighted by Gasteiger charge is 2.43. The second kappa shape index (κ2) is 1.84. The summed E-state index contributed by atoms with van der Waals surface area (Å²) in [6.45, 7) is 0. The summed E-state index contributed by atoms with van der Waals surface area (Å²) >= 11 is 0. The molecule has 0 aromatic rings. The SMILES string of the molecule is COC1=CC2CCC(=O)C12. The van der Waals surface area contributed by atoms with E-state index in [9.17, 15) is 4.79 Å². The molecule has 2 unspecified atom stereocenters. The molecule has 0 radical (unpaired) electrons. The first-order valence-electron chi connectivity index (χ1n) is 3.61. The van der Waals surface area contributed by atoms with Crippen LogP contribution in [0.15, 0.2) is 11.8 Å². The summed E-state index contributed by atoms with van der Waals surface area (Å²) in [5.41, 5.74) is 0. The maximum Gasteiger partial charge on any atom is 0.144 e. The fourth-order valence-corrected chi connectivity index (χ4v) is 1.81. The molecular weight excluding hydrogens is 128 g/mol. The van der Waals surface area contributed by atoms with Gasteiger partial charge in [0.15, 0.2) is 0 Å². The van der Waals surface area contributed by atoms with E-state index in [4.69, 9.17) is 4.74 Å². The van der Waals surface area contributed by atoms with Crippen LogP contribution in [0.2, 0.25) is 0 Å². The molecule has 0 saturated heterocycles. The third-order valence-corrected chi connectivity index (χ3v) is 2.42. The van der Waals surface area contributed by atoms with Crippen molar-refractivity contribution >= 4 is 5.78 Å². The molecule has 54 valence electrons. The van der Waals surface area contributed by atoms with E-state index < -0.39 is 0 Å². The van der Waals surface area contributed by atoms with Gasteiger partial charge in [-0.3, -0.25) is 4.79 Å². The fourth-order valence-electron chi connectivity index (χ4n) is 1.81. The van der Waals surface area contributed by atoms with Gasteiger partial charge in [-0.05, 0) is 18.4 Å². The van der Waals surface area contributed by atoms with Crippen molar-refractivity contribution in [3.05, 3.63) is 11.8 Å². The van der Waals surface area contributed by atoms with Crippen LogP contribution in [-0.2, 0) is 9.53 Å². The van der Waals surface area contributed by atoms with Gasteiger partial charge in [-0.15, -0.1) is 0 Å². The Hall–Kier alpha value is -0.790. The van der Waals surface area contributed by atoms with Crippen LogP contribution in [0.1, 0.15) is 12.8 Å². The van der Waals surface area contributed by atoms with Gasteiger partial charge in [0.05, 0.1) is 13.0 Å². The Kier molecular flexibility index (Phi) is 1.10. The lowest BCUT2D eigenvalue weighted by atomic mass is 9.83. The number of carbonyl (C=O) groups excluding carboxylic acids is 1. The highest BCUT2D eigenvalue weighted by atomic mass is 16.5. The Labute approximate surface area is 59.9 Å². The molecule has 10 heavy (non-hydrogen) atoms. The minimum absolute atomic E-state index is 0.144. The number of ketones is 1. The van der Waals surface area contributed by atoms with Crippen LogP contribution in [0.3, 0.4) is 0 Å². The predicted octanol–water partition coefficient (Wildman–Crippen LogP) is 1.13. The molecule has 0 amide bonds. The fraction of sp³-hybridized carbons (Fsp3) is 0.625. The monoisotopic (exact) mass is 138 g/mol. The molecule has 2 aliphatic carbocycles. The average molecular weight is 138 g/mol. The smallest absolute Gasteiger partial charge is 0.144 e. The minimum Gasteiger partial charge on any atom is -0.501 e. The van der Waals surface area contributed by atoms with Gasteiger partial charge in [-0.2, -0.15) is 0 Å². The highest BCUT2D eigenvalue weighted by Crippen LogP contribution is 2.43. The minimum atomic E-state index is 0.144. The van der Waals surface area contributed by atoms with Crippen molar-refractivity contribution in [1.82, 2.24) is 0 Å². The zero-order valence-electron chi connectivity index (χ0n) is 5.96. The number of rotatable bonds is 1. The standard InChI is InChI=1S/C8H10O2/c1-10-7-4-5-2-3-6(9)8(5)7/h4-5,8H,2-3H2,1H3. The number of ether oxygens (including phenoxy) is 1. The molecule has 1 fully saturated rings. The largest absolute Gasteiger partial charge is 0.501 e. The van der Waals surface area contributed by atoms with E-state index in [-0.39, 0.29) is 5.92 Å². The molecule has 0 heterocycles. The lowest BCUT2D eigenvalue weighted by Gasteiger charge is -2.26. The number of hydrogen-bond acceptors (Lipinski definition) is 2. The molecule has 0 spiro atoms. The maximum absolute atomic E-state index is 11.1. The van der Waals surface area contributed by atoms with Gasteiger partial charge in [0, 0.05) is 6.42 Å². The van der Waals surface area contributed by atoms with Crippen LogP contribution in [0.4, 0.5) is 0 Å². The summed E-state index contributed by atoms with van der Waals surface area (Å²) in [5, 5.41) is 0. The molecule has 0 bridgehead atoms. The summed E-state index contributed by atoms with van der Waals surface area (Å²) in [6, 6.07) is 0. The van der Waals surface area contributed by atoms with E-state index in [1.54, 1.807) is 7.11 Å². The summed E-state index contributed by atoms with van der Waals surface area (Å²) in [6.07, 6.45) is 3.85. The number of hydrogen-bond donors (Lipinski definition) is 0. The molecule has 2 atom stereocenters. The molecule has 2 rings (SSSR count). The molecule has 0 aliphatic heterocycles. The second-order valence-corrected chi connectivity index (χ2v) is 2.92. The van der Waals surface area contributed by atoms with Gasteiger partial charge in [-0.25, -0.2) is 0 Å². The molecule has 0 aromatic heterocycles. The van der Waals surface area contributed by atoms with E-state index in [2.05, 4.69) is 6.08 Å². The zero-order valence-corrected chi connectivity index (χ0v) is 5.96. The van der Waals surface area contributed by atoms with Crippen molar-refractivity contribution < 1.29 is 9.53 Å². The van der Waals surface area contributed by atoms with Crippen LogP contribution in [-0.4, -0.2) is 12.9 Å². The van der Waals surface area contributed by atoms with Crippen LogP contribution in [0, 0.1) is 11.8 Å². The Balaban J connectivity index is 2.19. The molecule has 1 saturated carbocycles. The van der Waals surface area contributed by atoms with Gasteiger partial charge < -0.3 is 4.74 Å². The van der Waals surface area contributed by atoms with Gasteiger partial charge in [0.25, 0.3) is 0 Å². The molecule has 2 aliphatic rings. The van der Waals surface area contributed by atoms with E-state index in [1.807, 2.05) is 0 Å². The third kappa shape index (κ3) is 0.564. The Bertz CT molecular complexity index is 205. The Morgan fingerprint density at radius 1 is 1.70 bits per heavy atom. The lowest BCUT2D eigenvalue weighted by Crippen LogP contribution is -2.25. The maximum atomic E-state index is 11.1. The summed E-state index contributed by atoms with van der Waals surface area (Å²) in [7, 11) is 1.63. The number of fused-ring (bicyclic) bond motifs is 1. The third-order valence-electron chi connectivity index (χ3n) is 2.42. The number of Topliss-reactive ketones (excluding diaryl/α,β-unsaturated/α-hetero) is 1. The molecule has 0 aromatic carbocycles. The van der Waals surface area contributed by atoms with Crippen molar-refractivity contribution in [1.29, 1.82) is 0 Å². The van der Waals surface area contributed by atoms with E-state index >= 15 is 0 Å². The predicted molar refractivity (Wildman–Crippen MR) is 36.3 cm³/mol. The van der Waals surface area contributed by atoms with Gasteiger partial charge in [-0.1, -0.05) is 0 Å². The topological polar surface area (TPSA) is 26.3 Å². The van der Waals surface area contributed by atoms with Crippen LogP contribution in [0.25, 0.3) is 0 Å². The van der Waals surface area contributed by atoms with Crippen molar-refractivity contribution in [3.63, 3.8) is 0 Å². The summed E-state index contributed by atoms with van der Waals surface area (Å²) in [5.74, 6) is 1.92. The Morgan fingerprint density at radius 2 is 2.50 bits per heavy atom. The number of allylic oxidation sites excluding steroid dienone is 2. The van der Waals surface area contributed by atoms with Crippen molar-refractivity contribution in [3.8, 4) is 0 Å². The van der Waals surface area contributed by atoms with Crippen molar-refractivity contribution in [2.24, 2.45) is 11.8 Å². The second-order valence-electron chi connectivity index (χ2n) is 2.92. The average Bonchev–Trinajstić information content (AvgIpc) is 2.09. The Morgan fingerprint density at radius 3 is 3.10 bits per heavy atom. The first-order chi connectivity index (χ1) is 4.83. The van der Waals surface area contributed by atoms with Gasteiger partial charge >= 0.3 is 0 Å². The van der Waals surface area contributed by atoms with E-state index in [0.717, 1.165) is 18.6 Å². The normalized spacial score (nSPS) is 36.5. The van der Waals surface area contributed by atoms with Gasteiger partial charge in [0.2, 0.25) is 0 Å². The number of methoxy groups -OCH3 is 1. The molecule has 2 heteroatoms. The van der Waals surface area contributed by atoms with E-state index in [1.165, 1.54) is 0 Å². The lowest BCUT2D eigenvalue weighted by molar-refractivity contribution is -0.121. The van der Waals surface area contributed by atoms with E-state index in [0.29, 0.717) is 11.7 Å². The zero-order chi connectivity index (χ0) is 7.14. The van der Waals surface area contributed by atoms with Gasteiger partial charge in [0.1, 0.15) is 11.5 Å². The van der Waals surface area contributed by atoms with Crippen molar-refractivity contribution in [2.45, 2.75) is 12.8 Å². The summed E-state index contributed by atoms with van der Waals surface area (Å²) < 4.78 is 5.01. The van der Waals surface area contributed by atoms with Crippen LogP contribution < -0.4 is 0 Å². The highest BCUT2D eigenvalue weighted by molar-refractivity contribution is 5.87. The first-order valence-corrected chi connectivity index (χ1v) is 3.61. The van der Waals surface area contributed by atoms with Crippen LogP contribution in [0.5, 0.6) is 0 Å². The molecule has 2 nitrogen and oxygen atoms in total.